The van der Waals surface area contributed by atoms with E-state index in [1.54, 1.807) is 7.11 Å². The van der Waals surface area contributed by atoms with E-state index in [2.05, 4.69) is 11.9 Å². The highest BCUT2D eigenvalue weighted by Crippen LogP contribution is 2.16. The van der Waals surface area contributed by atoms with E-state index < -0.39 is 0 Å². The highest BCUT2D eigenvalue weighted by Gasteiger charge is 1.97. The lowest BCUT2D eigenvalue weighted by Crippen LogP contribution is -1.89. The highest BCUT2D eigenvalue weighted by molar-refractivity contribution is 5.84. The molecule has 0 radical (unpaired) electrons. The van der Waals surface area contributed by atoms with Crippen LogP contribution in [0, 0.1) is 6.92 Å². The molecule has 2 nitrogen and oxygen atoms in total. The number of rotatable bonds is 3. The van der Waals surface area contributed by atoms with E-state index in [0.717, 1.165) is 22.6 Å². The van der Waals surface area contributed by atoms with Gasteiger partial charge in [-0.1, -0.05) is 18.2 Å². The molecule has 0 heterocycles. The highest BCUT2D eigenvalue weighted by atomic mass is 16.5. The van der Waals surface area contributed by atoms with Crippen molar-refractivity contribution in [1.29, 1.82) is 0 Å². The van der Waals surface area contributed by atoms with Gasteiger partial charge in [0.2, 0.25) is 0 Å². The van der Waals surface area contributed by atoms with Crippen LogP contribution in [0.3, 0.4) is 0 Å². The molecule has 0 aliphatic heterocycles. The molecule has 86 valence electrons. The fourth-order valence-corrected chi connectivity index (χ4v) is 1.58. The molecule has 0 fully saturated rings. The molecule has 0 aliphatic carbocycles. The van der Waals surface area contributed by atoms with E-state index in [1.165, 1.54) is 0 Å². The number of para-hydroxylation sites is 1. The minimum absolute atomic E-state index is 0.874. The molecular weight excluding hydrogens is 210 g/mol. The Bertz CT molecular complexity index is 518. The van der Waals surface area contributed by atoms with E-state index in [0.29, 0.717) is 0 Å². The van der Waals surface area contributed by atoms with Crippen LogP contribution in [0.5, 0.6) is 5.75 Å². The van der Waals surface area contributed by atoms with Gasteiger partial charge in [0.05, 0.1) is 12.8 Å². The second-order valence-electron chi connectivity index (χ2n) is 3.82. The molecule has 0 unspecified atom stereocenters. The summed E-state index contributed by atoms with van der Waals surface area (Å²) in [7, 11) is 1.67. The quantitative estimate of drug-likeness (QED) is 0.729. The third-order valence-electron chi connectivity index (χ3n) is 2.59. The first-order chi connectivity index (χ1) is 8.29. The summed E-state index contributed by atoms with van der Waals surface area (Å²) in [5.41, 5.74) is 3.22. The summed E-state index contributed by atoms with van der Waals surface area (Å²) in [6.45, 7) is 2.05. The number of benzene rings is 2. The standard InChI is InChI=1S/C15H15NO/c1-12-10-15(17-2)9-8-13(12)11-16-14-6-4-3-5-7-14/h3-11H,1-2H3. The predicted molar refractivity (Wildman–Crippen MR) is 71.4 cm³/mol. The minimum Gasteiger partial charge on any atom is -0.497 e. The van der Waals surface area contributed by atoms with Gasteiger partial charge in [-0.15, -0.1) is 0 Å². The number of aliphatic imine (C=N–C) groups is 1. The van der Waals surface area contributed by atoms with E-state index in [9.17, 15) is 0 Å². The zero-order chi connectivity index (χ0) is 12.1. The number of nitrogens with zero attached hydrogens (tertiary/aromatic N) is 1. The molecule has 0 amide bonds. The second-order valence-corrected chi connectivity index (χ2v) is 3.82. The molecular formula is C15H15NO. The van der Waals surface area contributed by atoms with Gasteiger partial charge in [-0.25, -0.2) is 0 Å². The average molecular weight is 225 g/mol. The SMILES string of the molecule is COc1ccc(C=Nc2ccccc2)c(C)c1. The summed E-state index contributed by atoms with van der Waals surface area (Å²) < 4.78 is 5.17. The molecule has 2 aromatic rings. The van der Waals surface area contributed by atoms with Crippen LogP contribution in [0.15, 0.2) is 53.5 Å². The van der Waals surface area contributed by atoms with Crippen molar-refractivity contribution in [3.05, 3.63) is 59.7 Å². The molecule has 2 rings (SSSR count). The van der Waals surface area contributed by atoms with Crippen LogP contribution >= 0.6 is 0 Å². The van der Waals surface area contributed by atoms with Crippen molar-refractivity contribution in [2.24, 2.45) is 4.99 Å². The van der Waals surface area contributed by atoms with Crippen LogP contribution in [0.4, 0.5) is 5.69 Å². The topological polar surface area (TPSA) is 21.6 Å². The minimum atomic E-state index is 0.874. The molecule has 0 N–H and O–H groups in total. The Balaban J connectivity index is 2.22. The molecule has 17 heavy (non-hydrogen) atoms. The number of hydrogen-bond acceptors (Lipinski definition) is 2. The lowest BCUT2D eigenvalue weighted by Gasteiger charge is -2.03. The third-order valence-corrected chi connectivity index (χ3v) is 2.59. The van der Waals surface area contributed by atoms with Crippen LogP contribution < -0.4 is 4.74 Å². The van der Waals surface area contributed by atoms with Gasteiger partial charge in [-0.05, 0) is 48.4 Å². The zero-order valence-corrected chi connectivity index (χ0v) is 10.1. The van der Waals surface area contributed by atoms with Gasteiger partial charge in [0.25, 0.3) is 0 Å². The first-order valence-corrected chi connectivity index (χ1v) is 5.53. The first-order valence-electron chi connectivity index (χ1n) is 5.53. The number of hydrogen-bond donors (Lipinski definition) is 0. The van der Waals surface area contributed by atoms with Gasteiger partial charge in [0, 0.05) is 6.21 Å². The molecule has 0 atom stereocenters. The fraction of sp³-hybridized carbons (Fsp3) is 0.133. The average Bonchev–Trinajstić information content (AvgIpc) is 2.38. The van der Waals surface area contributed by atoms with Gasteiger partial charge < -0.3 is 4.74 Å². The van der Waals surface area contributed by atoms with Gasteiger partial charge in [0.15, 0.2) is 0 Å². The Morgan fingerprint density at radius 3 is 2.47 bits per heavy atom. The summed E-state index contributed by atoms with van der Waals surface area (Å²) >= 11 is 0. The zero-order valence-electron chi connectivity index (χ0n) is 10.1. The first kappa shape index (κ1) is 11.4. The molecule has 0 bridgehead atoms. The normalized spacial score (nSPS) is 10.7. The maximum absolute atomic E-state index is 5.17. The van der Waals surface area contributed by atoms with Crippen LogP contribution in [0.1, 0.15) is 11.1 Å². The summed E-state index contributed by atoms with van der Waals surface area (Å²) in [6.07, 6.45) is 1.88. The number of aryl methyl sites for hydroxylation is 1. The molecule has 0 spiro atoms. The second kappa shape index (κ2) is 5.30. The van der Waals surface area contributed by atoms with Crippen molar-refractivity contribution in [3.8, 4) is 5.75 Å². The number of ether oxygens (including phenoxy) is 1. The molecule has 2 heteroatoms. The Morgan fingerprint density at radius 1 is 1.06 bits per heavy atom. The molecule has 0 saturated carbocycles. The fourth-order valence-electron chi connectivity index (χ4n) is 1.58. The predicted octanol–water partition coefficient (Wildman–Crippen LogP) is 3.75. The van der Waals surface area contributed by atoms with Crippen LogP contribution in [0.25, 0.3) is 0 Å². The summed E-state index contributed by atoms with van der Waals surface area (Å²) in [6, 6.07) is 15.9. The Kier molecular flexibility index (Phi) is 3.55. The van der Waals surface area contributed by atoms with Gasteiger partial charge in [-0.3, -0.25) is 4.99 Å². The van der Waals surface area contributed by atoms with E-state index >= 15 is 0 Å². The molecule has 0 saturated heterocycles. The van der Waals surface area contributed by atoms with Crippen LogP contribution in [-0.4, -0.2) is 13.3 Å². The lowest BCUT2D eigenvalue weighted by molar-refractivity contribution is 0.414. The largest absolute Gasteiger partial charge is 0.497 e. The summed E-state index contributed by atoms with van der Waals surface area (Å²) in [4.78, 5) is 4.43. The summed E-state index contributed by atoms with van der Waals surface area (Å²) in [5, 5.41) is 0. The number of methoxy groups -OCH3 is 1. The van der Waals surface area contributed by atoms with Crippen LogP contribution in [-0.2, 0) is 0 Å². The van der Waals surface area contributed by atoms with E-state index in [4.69, 9.17) is 4.74 Å². The van der Waals surface area contributed by atoms with E-state index in [1.807, 2.05) is 54.7 Å². The molecule has 0 aliphatic rings. The van der Waals surface area contributed by atoms with Crippen molar-refractivity contribution in [2.45, 2.75) is 6.92 Å². The Morgan fingerprint density at radius 2 is 1.82 bits per heavy atom. The maximum atomic E-state index is 5.17. The summed E-state index contributed by atoms with van der Waals surface area (Å²) in [5.74, 6) is 0.874. The van der Waals surface area contributed by atoms with E-state index in [-0.39, 0.29) is 0 Å². The maximum Gasteiger partial charge on any atom is 0.119 e. The molecule has 2 aromatic carbocycles. The smallest absolute Gasteiger partial charge is 0.119 e. The van der Waals surface area contributed by atoms with Crippen molar-refractivity contribution < 1.29 is 4.74 Å². The van der Waals surface area contributed by atoms with Gasteiger partial charge in [0.1, 0.15) is 5.75 Å². The van der Waals surface area contributed by atoms with Gasteiger partial charge >= 0.3 is 0 Å². The monoisotopic (exact) mass is 225 g/mol. The van der Waals surface area contributed by atoms with Gasteiger partial charge in [-0.2, -0.15) is 0 Å². The Labute approximate surface area is 102 Å². The van der Waals surface area contributed by atoms with Crippen LogP contribution in [0.2, 0.25) is 0 Å². The van der Waals surface area contributed by atoms with Crippen molar-refractivity contribution in [1.82, 2.24) is 0 Å². The third kappa shape index (κ3) is 2.94. The van der Waals surface area contributed by atoms with Crippen molar-refractivity contribution in [3.63, 3.8) is 0 Å². The van der Waals surface area contributed by atoms with Crippen molar-refractivity contribution in [2.75, 3.05) is 7.11 Å². The Hall–Kier alpha value is -2.09. The molecule has 0 aromatic heterocycles. The lowest BCUT2D eigenvalue weighted by atomic mass is 10.1. The van der Waals surface area contributed by atoms with Crippen molar-refractivity contribution >= 4 is 11.9 Å².